The maximum absolute atomic E-state index is 12.5. The number of carbonyl (C=O) groups is 1. The van der Waals surface area contributed by atoms with E-state index in [2.05, 4.69) is 13.0 Å². The first-order valence-corrected chi connectivity index (χ1v) is 8.32. The molecule has 0 saturated heterocycles. The number of fused-ring (bicyclic) bond motifs is 1. The molecule has 0 aliphatic rings. The van der Waals surface area contributed by atoms with Crippen LogP contribution in [0.5, 0.6) is 5.75 Å². The summed E-state index contributed by atoms with van der Waals surface area (Å²) in [5.74, 6) is -0.445. The zero-order valence-electron chi connectivity index (χ0n) is 14.4. The third kappa shape index (κ3) is 3.41. The summed E-state index contributed by atoms with van der Waals surface area (Å²) < 4.78 is 7.48. The molecule has 0 bridgehead atoms. The lowest BCUT2D eigenvalue weighted by Gasteiger charge is -2.11. The number of aromatic nitrogens is 1. The van der Waals surface area contributed by atoms with Crippen LogP contribution in [0.2, 0.25) is 0 Å². The fourth-order valence-corrected chi connectivity index (χ4v) is 2.95. The molecule has 3 aromatic rings. The van der Waals surface area contributed by atoms with Gasteiger partial charge in [-0.15, -0.1) is 0 Å². The van der Waals surface area contributed by atoms with Crippen LogP contribution in [0.15, 0.2) is 54.6 Å². The van der Waals surface area contributed by atoms with Gasteiger partial charge in [-0.3, -0.25) is 4.79 Å². The number of ether oxygens (including phenoxy) is 1. The quantitative estimate of drug-likeness (QED) is 0.685. The molecular formula is C21H20N2O2. The van der Waals surface area contributed by atoms with Crippen molar-refractivity contribution in [1.82, 2.24) is 4.57 Å². The van der Waals surface area contributed by atoms with Gasteiger partial charge in [-0.25, -0.2) is 0 Å². The molecule has 0 fully saturated rings. The van der Waals surface area contributed by atoms with Crippen LogP contribution in [-0.2, 0) is 18.3 Å². The van der Waals surface area contributed by atoms with Gasteiger partial charge in [0.2, 0.25) is 0 Å². The molecule has 0 amide bonds. The predicted octanol–water partition coefficient (Wildman–Crippen LogP) is 4.00. The van der Waals surface area contributed by atoms with Crippen molar-refractivity contribution in [3.63, 3.8) is 0 Å². The van der Waals surface area contributed by atoms with Crippen LogP contribution in [0.3, 0.4) is 0 Å². The van der Waals surface area contributed by atoms with Crippen LogP contribution in [-0.4, -0.2) is 17.0 Å². The fraction of sp³-hybridized carbons (Fsp3) is 0.238. The third-order valence-corrected chi connectivity index (χ3v) is 4.45. The highest BCUT2D eigenvalue weighted by molar-refractivity contribution is 5.91. The smallest absolute Gasteiger partial charge is 0.193 e. The van der Waals surface area contributed by atoms with Crippen molar-refractivity contribution in [3.05, 3.63) is 65.9 Å². The SMILES string of the molecule is CCc1ccc(OCC(=O)C(C#N)c2cc3ccccc3n2C)cc1. The number of hydrogen-bond acceptors (Lipinski definition) is 3. The van der Waals surface area contributed by atoms with Gasteiger partial charge in [0.15, 0.2) is 5.78 Å². The van der Waals surface area contributed by atoms with Crippen LogP contribution < -0.4 is 4.74 Å². The van der Waals surface area contributed by atoms with Gasteiger partial charge in [0.05, 0.1) is 6.07 Å². The molecule has 4 nitrogen and oxygen atoms in total. The molecule has 0 radical (unpaired) electrons. The molecule has 1 heterocycles. The zero-order chi connectivity index (χ0) is 17.8. The van der Waals surface area contributed by atoms with E-state index in [4.69, 9.17) is 4.74 Å². The number of Topliss-reactive ketones (excluding diaryl/α,β-unsaturated/α-hetero) is 1. The van der Waals surface area contributed by atoms with Gasteiger partial charge in [0.25, 0.3) is 0 Å². The molecule has 4 heteroatoms. The van der Waals surface area contributed by atoms with Crippen LogP contribution in [0.1, 0.15) is 24.1 Å². The topological polar surface area (TPSA) is 55.0 Å². The van der Waals surface area contributed by atoms with Gasteiger partial charge >= 0.3 is 0 Å². The zero-order valence-corrected chi connectivity index (χ0v) is 14.4. The molecule has 0 saturated carbocycles. The van der Waals surface area contributed by atoms with Gasteiger partial charge in [-0.1, -0.05) is 37.3 Å². The lowest BCUT2D eigenvalue weighted by atomic mass is 10.0. The summed E-state index contributed by atoms with van der Waals surface area (Å²) in [5, 5.41) is 10.5. The van der Waals surface area contributed by atoms with E-state index in [0.717, 1.165) is 17.3 Å². The standard InChI is InChI=1S/C21H20N2O2/c1-3-15-8-10-17(11-9-15)25-14-21(24)18(13-22)20-12-16-6-4-5-7-19(16)23(20)2/h4-12,18H,3,14H2,1-2H3. The number of nitrogens with zero attached hydrogens (tertiary/aromatic N) is 2. The largest absolute Gasteiger partial charge is 0.486 e. The lowest BCUT2D eigenvalue weighted by Crippen LogP contribution is -2.20. The van der Waals surface area contributed by atoms with Crippen molar-refractivity contribution < 1.29 is 9.53 Å². The Labute approximate surface area is 147 Å². The van der Waals surface area contributed by atoms with Crippen molar-refractivity contribution >= 4 is 16.7 Å². The summed E-state index contributed by atoms with van der Waals surface area (Å²) in [5.41, 5.74) is 2.91. The molecule has 126 valence electrons. The average Bonchev–Trinajstić information content (AvgIpc) is 2.98. The summed E-state index contributed by atoms with van der Waals surface area (Å²) in [6.07, 6.45) is 0.955. The van der Waals surface area contributed by atoms with Gasteiger partial charge in [-0.2, -0.15) is 5.26 Å². The first kappa shape index (κ1) is 16.8. The predicted molar refractivity (Wildman–Crippen MR) is 97.6 cm³/mol. The van der Waals surface area contributed by atoms with Crippen LogP contribution in [0, 0.1) is 11.3 Å². The number of para-hydroxylation sites is 1. The third-order valence-electron chi connectivity index (χ3n) is 4.45. The molecule has 0 aliphatic carbocycles. The number of benzene rings is 2. The van der Waals surface area contributed by atoms with Crippen LogP contribution in [0.25, 0.3) is 10.9 Å². The number of hydrogen-bond donors (Lipinski definition) is 0. The fourth-order valence-electron chi connectivity index (χ4n) is 2.95. The van der Waals surface area contributed by atoms with E-state index in [-0.39, 0.29) is 12.4 Å². The Morgan fingerprint density at radius 2 is 1.92 bits per heavy atom. The first-order chi connectivity index (χ1) is 12.1. The molecular weight excluding hydrogens is 312 g/mol. The van der Waals surface area contributed by atoms with E-state index in [1.54, 1.807) is 0 Å². The highest BCUT2D eigenvalue weighted by Crippen LogP contribution is 2.25. The number of aryl methyl sites for hydroxylation is 2. The average molecular weight is 332 g/mol. The Kier molecular flexibility index (Phi) is 4.85. The highest BCUT2D eigenvalue weighted by atomic mass is 16.5. The Bertz CT molecular complexity index is 933. The Hall–Kier alpha value is -3.06. The van der Waals surface area contributed by atoms with E-state index in [0.29, 0.717) is 11.4 Å². The highest BCUT2D eigenvalue weighted by Gasteiger charge is 2.24. The van der Waals surface area contributed by atoms with Crippen LogP contribution >= 0.6 is 0 Å². The monoisotopic (exact) mass is 332 g/mol. The molecule has 25 heavy (non-hydrogen) atoms. The molecule has 0 spiro atoms. The summed E-state index contributed by atoms with van der Waals surface area (Å²) in [6, 6.07) is 19.5. The summed E-state index contributed by atoms with van der Waals surface area (Å²) >= 11 is 0. The van der Waals surface area contributed by atoms with E-state index < -0.39 is 5.92 Å². The summed E-state index contributed by atoms with van der Waals surface area (Å²) in [7, 11) is 1.87. The minimum Gasteiger partial charge on any atom is -0.486 e. The first-order valence-electron chi connectivity index (χ1n) is 8.32. The molecule has 0 N–H and O–H groups in total. The number of nitriles is 1. The Morgan fingerprint density at radius 3 is 2.56 bits per heavy atom. The maximum Gasteiger partial charge on any atom is 0.193 e. The summed E-state index contributed by atoms with van der Waals surface area (Å²) in [4.78, 5) is 12.5. The minimum atomic E-state index is -0.840. The van der Waals surface area contributed by atoms with E-state index in [9.17, 15) is 10.1 Å². The number of carbonyl (C=O) groups excluding carboxylic acids is 1. The van der Waals surface area contributed by atoms with Crippen molar-refractivity contribution in [2.45, 2.75) is 19.3 Å². The van der Waals surface area contributed by atoms with E-state index in [1.165, 1.54) is 5.56 Å². The second-order valence-electron chi connectivity index (χ2n) is 6.00. The number of rotatable bonds is 6. The molecule has 2 aromatic carbocycles. The molecule has 3 rings (SSSR count). The van der Waals surface area contributed by atoms with Gasteiger partial charge < -0.3 is 9.30 Å². The van der Waals surface area contributed by atoms with Gasteiger partial charge in [0, 0.05) is 18.3 Å². The van der Waals surface area contributed by atoms with Gasteiger partial charge in [0.1, 0.15) is 18.3 Å². The summed E-state index contributed by atoms with van der Waals surface area (Å²) in [6.45, 7) is 1.96. The maximum atomic E-state index is 12.5. The Balaban J connectivity index is 1.76. The van der Waals surface area contributed by atoms with E-state index >= 15 is 0 Å². The molecule has 1 aromatic heterocycles. The lowest BCUT2D eigenvalue weighted by molar-refractivity contribution is -0.121. The van der Waals surface area contributed by atoms with Crippen LogP contribution in [0.4, 0.5) is 0 Å². The minimum absolute atomic E-state index is 0.120. The van der Waals surface area contributed by atoms with Crippen molar-refractivity contribution in [3.8, 4) is 11.8 Å². The van der Waals surface area contributed by atoms with Crippen molar-refractivity contribution in [1.29, 1.82) is 5.26 Å². The molecule has 0 aliphatic heterocycles. The van der Waals surface area contributed by atoms with Gasteiger partial charge in [-0.05, 0) is 41.6 Å². The van der Waals surface area contributed by atoms with E-state index in [1.807, 2.05) is 66.2 Å². The van der Waals surface area contributed by atoms with Crippen molar-refractivity contribution in [2.24, 2.45) is 7.05 Å². The molecule has 1 atom stereocenters. The second kappa shape index (κ2) is 7.23. The number of ketones is 1. The Morgan fingerprint density at radius 1 is 1.20 bits per heavy atom. The van der Waals surface area contributed by atoms with Crippen molar-refractivity contribution in [2.75, 3.05) is 6.61 Å². The normalized spacial score (nSPS) is 11.9. The second-order valence-corrected chi connectivity index (χ2v) is 6.00. The molecule has 1 unspecified atom stereocenters.